The molecule has 1 rings (SSSR count). The summed E-state index contributed by atoms with van der Waals surface area (Å²) in [4.78, 5) is 0. The average molecular weight is 379 g/mol. The molecule has 0 aliphatic heterocycles. The Balaban J connectivity index is 4.05. The van der Waals surface area contributed by atoms with Crippen LogP contribution in [-0.4, -0.2) is 14.2 Å². The molecule has 1 aromatic carbocycles. The summed E-state index contributed by atoms with van der Waals surface area (Å²) in [7, 11) is 3.36. The molecule has 0 radical (unpaired) electrons. The van der Waals surface area contributed by atoms with E-state index >= 15 is 0 Å². The first kappa shape index (κ1) is 20.3. The molecular weight excluding hydrogens is 352 g/mol. The molecule has 0 spiro atoms. The van der Waals surface area contributed by atoms with E-state index in [1.165, 1.54) is 0 Å². The molecule has 0 bridgehead atoms. The van der Waals surface area contributed by atoms with Crippen molar-refractivity contribution in [2.24, 2.45) is 0 Å². The summed E-state index contributed by atoms with van der Waals surface area (Å²) < 4.78 is 11.5. The third kappa shape index (κ3) is 3.82. The highest BCUT2D eigenvalue weighted by Gasteiger charge is 2.31. The lowest BCUT2D eigenvalue weighted by molar-refractivity contribution is 0.386. The lowest BCUT2D eigenvalue weighted by Gasteiger charge is -2.29. The van der Waals surface area contributed by atoms with Gasteiger partial charge in [0.25, 0.3) is 0 Å². The molecule has 0 heterocycles. The number of hydrogen-bond donors (Lipinski definition) is 4. The monoisotopic (exact) mass is 378 g/mol. The molecule has 0 aliphatic rings. The van der Waals surface area contributed by atoms with Gasteiger partial charge < -0.3 is 9.47 Å². The van der Waals surface area contributed by atoms with Crippen molar-refractivity contribution in [3.63, 3.8) is 0 Å². The van der Waals surface area contributed by atoms with Gasteiger partial charge in [-0.1, -0.05) is 0 Å². The van der Waals surface area contributed by atoms with Crippen LogP contribution in [0.2, 0.25) is 0 Å². The minimum Gasteiger partial charge on any atom is -0.496 e. The van der Waals surface area contributed by atoms with Crippen molar-refractivity contribution in [2.45, 2.75) is 48.7 Å². The molecule has 22 heavy (non-hydrogen) atoms. The van der Waals surface area contributed by atoms with Crippen LogP contribution in [0.4, 0.5) is 0 Å². The average Bonchev–Trinajstić information content (AvgIpc) is 2.42. The number of ether oxygens (including phenoxy) is 2. The molecule has 4 unspecified atom stereocenters. The maximum atomic E-state index is 5.76. The molecule has 0 saturated carbocycles. The topological polar surface area (TPSA) is 18.5 Å². The number of hydrogen-bond acceptors (Lipinski definition) is 6. The molecule has 1 aromatic rings. The molecule has 0 aliphatic carbocycles. The molecule has 2 nitrogen and oxygen atoms in total. The number of rotatable bonds is 6. The third-order valence-electron chi connectivity index (χ3n) is 3.64. The van der Waals surface area contributed by atoms with Gasteiger partial charge in [-0.25, -0.2) is 0 Å². The van der Waals surface area contributed by atoms with Crippen LogP contribution in [0.15, 0.2) is 0 Å². The van der Waals surface area contributed by atoms with Crippen LogP contribution in [0, 0.1) is 0 Å². The highest BCUT2D eigenvalue weighted by Crippen LogP contribution is 2.52. The molecule has 0 fully saturated rings. The van der Waals surface area contributed by atoms with E-state index in [0.717, 1.165) is 33.8 Å². The van der Waals surface area contributed by atoms with Gasteiger partial charge in [-0.15, -0.1) is 0 Å². The summed E-state index contributed by atoms with van der Waals surface area (Å²) in [6.45, 7) is 8.10. The summed E-state index contributed by atoms with van der Waals surface area (Å²) in [6, 6.07) is 0. The van der Waals surface area contributed by atoms with Crippen LogP contribution in [-0.2, 0) is 0 Å². The van der Waals surface area contributed by atoms with Crippen molar-refractivity contribution in [3.05, 3.63) is 22.3 Å². The molecular formula is C16H26O2S4. The smallest absolute Gasteiger partial charge is 0.128 e. The zero-order chi connectivity index (χ0) is 17.2. The van der Waals surface area contributed by atoms with Crippen LogP contribution in [0.1, 0.15) is 70.9 Å². The largest absolute Gasteiger partial charge is 0.496 e. The fourth-order valence-corrected chi connectivity index (χ4v) is 3.90. The van der Waals surface area contributed by atoms with E-state index in [2.05, 4.69) is 50.5 Å². The maximum Gasteiger partial charge on any atom is 0.128 e. The second-order valence-corrected chi connectivity index (χ2v) is 8.52. The fraction of sp³-hybridized carbons (Fsp3) is 0.625. The summed E-state index contributed by atoms with van der Waals surface area (Å²) in [6.07, 6.45) is 0. The van der Waals surface area contributed by atoms with Crippen LogP contribution in [0.3, 0.4) is 0 Å². The Kier molecular flexibility index (Phi) is 7.70. The third-order valence-corrected chi connectivity index (χ3v) is 4.67. The Morgan fingerprint density at radius 2 is 0.727 bits per heavy atom. The Hall–Kier alpha value is 0.220. The van der Waals surface area contributed by atoms with E-state index in [4.69, 9.17) is 9.47 Å². The van der Waals surface area contributed by atoms with Crippen molar-refractivity contribution < 1.29 is 9.47 Å². The van der Waals surface area contributed by atoms with Gasteiger partial charge in [0, 0.05) is 43.3 Å². The second-order valence-electron chi connectivity index (χ2n) is 5.43. The van der Waals surface area contributed by atoms with Gasteiger partial charge in [0.2, 0.25) is 0 Å². The van der Waals surface area contributed by atoms with Crippen LogP contribution in [0.25, 0.3) is 0 Å². The maximum absolute atomic E-state index is 5.76. The fourth-order valence-electron chi connectivity index (χ4n) is 2.88. The molecule has 6 heteroatoms. The predicted molar refractivity (Wildman–Crippen MR) is 109 cm³/mol. The van der Waals surface area contributed by atoms with Crippen molar-refractivity contribution in [3.8, 4) is 11.5 Å². The normalized spacial score (nSPS) is 16.8. The Bertz CT molecular complexity index is 437. The van der Waals surface area contributed by atoms with E-state index in [-0.39, 0.29) is 21.0 Å². The minimum atomic E-state index is -0.0106. The molecule has 0 saturated heterocycles. The molecule has 4 atom stereocenters. The van der Waals surface area contributed by atoms with Gasteiger partial charge in [0.15, 0.2) is 0 Å². The molecule has 0 N–H and O–H groups in total. The molecule has 0 aromatic heterocycles. The van der Waals surface area contributed by atoms with Crippen LogP contribution in [0.5, 0.6) is 11.5 Å². The first-order chi connectivity index (χ1) is 10.2. The first-order valence-electron chi connectivity index (χ1n) is 7.22. The summed E-state index contributed by atoms with van der Waals surface area (Å²) >= 11 is 18.6. The molecule has 0 amide bonds. The Morgan fingerprint density at radius 1 is 0.545 bits per heavy atom. The zero-order valence-electron chi connectivity index (χ0n) is 13.9. The van der Waals surface area contributed by atoms with Gasteiger partial charge in [-0.2, -0.15) is 50.5 Å². The Morgan fingerprint density at radius 3 is 0.818 bits per heavy atom. The quantitative estimate of drug-likeness (QED) is 0.478. The highest BCUT2D eigenvalue weighted by molar-refractivity contribution is 7.81. The van der Waals surface area contributed by atoms with Gasteiger partial charge in [0.1, 0.15) is 11.5 Å². The van der Waals surface area contributed by atoms with E-state index in [9.17, 15) is 0 Å². The molecule has 126 valence electrons. The highest BCUT2D eigenvalue weighted by atomic mass is 32.1. The predicted octanol–water partition coefficient (Wildman–Crippen LogP) is 5.67. The van der Waals surface area contributed by atoms with E-state index in [1.54, 1.807) is 14.2 Å². The van der Waals surface area contributed by atoms with Crippen LogP contribution < -0.4 is 9.47 Å². The van der Waals surface area contributed by atoms with Gasteiger partial charge in [-0.05, 0) is 27.7 Å². The Labute approximate surface area is 156 Å². The van der Waals surface area contributed by atoms with Gasteiger partial charge >= 0.3 is 0 Å². The minimum absolute atomic E-state index is 0.0106. The first-order valence-corrected chi connectivity index (χ1v) is 9.29. The SMILES string of the molecule is COc1c(C(C)S)c(C(C)S)c(OC)c(C(C)S)c1C(C)S. The lowest BCUT2D eigenvalue weighted by Crippen LogP contribution is -2.11. The van der Waals surface area contributed by atoms with Crippen LogP contribution >= 0.6 is 50.5 Å². The van der Waals surface area contributed by atoms with Gasteiger partial charge in [0.05, 0.1) is 14.2 Å². The number of benzene rings is 1. The van der Waals surface area contributed by atoms with Gasteiger partial charge in [-0.3, -0.25) is 0 Å². The standard InChI is InChI=1S/C16H26O2S4/c1-7(19)11-12(8(2)20)16(18-6)14(10(4)22)13(9(3)21)15(11)17-5/h7-10,19-22H,1-6H3. The zero-order valence-corrected chi connectivity index (χ0v) is 17.5. The summed E-state index contributed by atoms with van der Waals surface area (Å²) in [5.74, 6) is 1.63. The summed E-state index contributed by atoms with van der Waals surface area (Å²) in [5, 5.41) is -0.0424. The summed E-state index contributed by atoms with van der Waals surface area (Å²) in [5.41, 5.74) is 4.05. The lowest BCUT2D eigenvalue weighted by atomic mass is 9.89. The van der Waals surface area contributed by atoms with Crippen molar-refractivity contribution in [2.75, 3.05) is 14.2 Å². The van der Waals surface area contributed by atoms with Crippen molar-refractivity contribution in [1.29, 1.82) is 0 Å². The number of methoxy groups -OCH3 is 2. The van der Waals surface area contributed by atoms with E-state index < -0.39 is 0 Å². The second kappa shape index (κ2) is 8.36. The number of thiol groups is 4. The van der Waals surface area contributed by atoms with E-state index in [0.29, 0.717) is 0 Å². The van der Waals surface area contributed by atoms with E-state index in [1.807, 2.05) is 27.7 Å². The van der Waals surface area contributed by atoms with Crippen molar-refractivity contribution in [1.82, 2.24) is 0 Å². The van der Waals surface area contributed by atoms with Crippen molar-refractivity contribution >= 4 is 50.5 Å².